The summed E-state index contributed by atoms with van der Waals surface area (Å²) in [5, 5.41) is 0. The van der Waals surface area contributed by atoms with Gasteiger partial charge in [-0.3, -0.25) is 0 Å². The first kappa shape index (κ1) is 17.4. The van der Waals surface area contributed by atoms with Crippen LogP contribution in [0.1, 0.15) is 26.3 Å². The second-order valence-corrected chi connectivity index (χ2v) is 8.71. The molecule has 0 amide bonds. The molecule has 0 N–H and O–H groups in total. The van der Waals surface area contributed by atoms with Gasteiger partial charge in [0, 0.05) is 8.95 Å². The lowest BCUT2D eigenvalue weighted by atomic mass is 9.86. The molecule has 0 fully saturated rings. The van der Waals surface area contributed by atoms with E-state index in [1.165, 1.54) is 27.8 Å². The van der Waals surface area contributed by atoms with E-state index in [-0.39, 0.29) is 5.41 Å². The summed E-state index contributed by atoms with van der Waals surface area (Å²) in [6, 6.07) is 23.7. The van der Waals surface area contributed by atoms with E-state index in [0.717, 1.165) is 8.95 Å². The maximum absolute atomic E-state index is 3.75. The minimum atomic E-state index is 0.148. The highest BCUT2D eigenvalue weighted by molar-refractivity contribution is 9.11. The number of hydrogen-bond donors (Lipinski definition) is 0. The van der Waals surface area contributed by atoms with Crippen LogP contribution in [-0.2, 0) is 5.41 Å². The fraction of sp³-hybridized carbons (Fsp3) is 0.182. The molecule has 24 heavy (non-hydrogen) atoms. The van der Waals surface area contributed by atoms with Crippen LogP contribution in [0.3, 0.4) is 0 Å². The fourth-order valence-electron chi connectivity index (χ4n) is 2.74. The van der Waals surface area contributed by atoms with Crippen molar-refractivity contribution in [2.75, 3.05) is 0 Å². The quantitative estimate of drug-likeness (QED) is 0.378. The highest BCUT2D eigenvalue weighted by Crippen LogP contribution is 2.38. The molecule has 3 aromatic carbocycles. The molecule has 0 saturated carbocycles. The smallest absolute Gasteiger partial charge is 0.0260 e. The van der Waals surface area contributed by atoms with Crippen molar-refractivity contribution in [3.05, 3.63) is 81.2 Å². The van der Waals surface area contributed by atoms with Crippen LogP contribution >= 0.6 is 31.9 Å². The van der Waals surface area contributed by atoms with Crippen LogP contribution in [0.15, 0.2) is 75.7 Å². The van der Waals surface area contributed by atoms with Gasteiger partial charge in [-0.1, -0.05) is 107 Å². The van der Waals surface area contributed by atoms with Crippen LogP contribution in [0.2, 0.25) is 0 Å². The third-order valence-corrected chi connectivity index (χ3v) is 5.51. The summed E-state index contributed by atoms with van der Waals surface area (Å²) in [5.74, 6) is 0. The number of halogens is 2. The normalized spacial score (nSPS) is 11.5. The van der Waals surface area contributed by atoms with Crippen molar-refractivity contribution in [2.24, 2.45) is 0 Å². The second-order valence-electron chi connectivity index (χ2n) is 7.01. The van der Waals surface area contributed by atoms with Crippen LogP contribution in [0, 0.1) is 0 Å². The zero-order valence-electron chi connectivity index (χ0n) is 14.1. The molecule has 0 heterocycles. The van der Waals surface area contributed by atoms with Crippen LogP contribution in [-0.4, -0.2) is 0 Å². The monoisotopic (exact) mass is 442 g/mol. The Hall–Kier alpha value is -1.38. The van der Waals surface area contributed by atoms with E-state index in [4.69, 9.17) is 0 Å². The molecule has 0 radical (unpaired) electrons. The predicted molar refractivity (Wildman–Crippen MR) is 111 cm³/mol. The molecule has 0 aliphatic carbocycles. The summed E-state index contributed by atoms with van der Waals surface area (Å²) in [7, 11) is 0. The van der Waals surface area contributed by atoms with Gasteiger partial charge in [-0.15, -0.1) is 0 Å². The average molecular weight is 444 g/mol. The van der Waals surface area contributed by atoms with Gasteiger partial charge in [0.25, 0.3) is 0 Å². The van der Waals surface area contributed by atoms with Gasteiger partial charge in [0.15, 0.2) is 0 Å². The highest BCUT2D eigenvalue weighted by Gasteiger charge is 2.16. The van der Waals surface area contributed by atoms with Gasteiger partial charge in [0.2, 0.25) is 0 Å². The maximum atomic E-state index is 3.75. The van der Waals surface area contributed by atoms with Gasteiger partial charge in [0.1, 0.15) is 0 Å². The second kappa shape index (κ2) is 6.85. The topological polar surface area (TPSA) is 0 Å². The first-order chi connectivity index (χ1) is 11.4. The van der Waals surface area contributed by atoms with E-state index in [9.17, 15) is 0 Å². The molecule has 0 saturated heterocycles. The Labute approximate surface area is 161 Å². The number of benzene rings is 3. The molecule has 0 aliphatic heterocycles. The minimum Gasteiger partial charge on any atom is -0.0622 e. The average Bonchev–Trinajstić information content (AvgIpc) is 2.55. The van der Waals surface area contributed by atoms with Gasteiger partial charge in [-0.2, -0.15) is 0 Å². The van der Waals surface area contributed by atoms with Crippen molar-refractivity contribution in [3.63, 3.8) is 0 Å². The molecule has 0 aliphatic rings. The molecular formula is C22H20Br2. The lowest BCUT2D eigenvalue weighted by molar-refractivity contribution is 0.590. The molecule has 0 aromatic heterocycles. The largest absolute Gasteiger partial charge is 0.0622 e. The molecule has 3 aromatic rings. The van der Waals surface area contributed by atoms with Crippen molar-refractivity contribution in [1.82, 2.24) is 0 Å². The van der Waals surface area contributed by atoms with Gasteiger partial charge < -0.3 is 0 Å². The SMILES string of the molecule is CC(C)(C)c1ccc(-c2ccc(-c3ccccc3)cc2Br)c(Br)c1. The van der Waals surface area contributed by atoms with Crippen LogP contribution in [0.25, 0.3) is 22.3 Å². The summed E-state index contributed by atoms with van der Waals surface area (Å²) in [4.78, 5) is 0. The van der Waals surface area contributed by atoms with E-state index in [1.807, 2.05) is 6.07 Å². The van der Waals surface area contributed by atoms with Gasteiger partial charge >= 0.3 is 0 Å². The molecule has 0 bridgehead atoms. The number of hydrogen-bond acceptors (Lipinski definition) is 0. The molecule has 2 heteroatoms. The maximum Gasteiger partial charge on any atom is 0.0260 e. The van der Waals surface area contributed by atoms with E-state index in [0.29, 0.717) is 0 Å². The molecule has 0 spiro atoms. The molecule has 122 valence electrons. The zero-order valence-corrected chi connectivity index (χ0v) is 17.3. The van der Waals surface area contributed by atoms with Crippen molar-refractivity contribution in [1.29, 1.82) is 0 Å². The van der Waals surface area contributed by atoms with Crippen molar-refractivity contribution < 1.29 is 0 Å². The Kier molecular flexibility index (Phi) is 4.98. The predicted octanol–water partition coefficient (Wildman–Crippen LogP) is 7.84. The van der Waals surface area contributed by atoms with Gasteiger partial charge in [0.05, 0.1) is 0 Å². The summed E-state index contributed by atoms with van der Waals surface area (Å²) >= 11 is 7.51. The Morgan fingerprint density at radius 3 is 1.75 bits per heavy atom. The number of rotatable bonds is 2. The molecule has 0 unspecified atom stereocenters. The zero-order chi connectivity index (χ0) is 17.3. The first-order valence-electron chi connectivity index (χ1n) is 8.01. The van der Waals surface area contributed by atoms with Crippen molar-refractivity contribution in [2.45, 2.75) is 26.2 Å². The lowest BCUT2D eigenvalue weighted by Crippen LogP contribution is -2.10. The summed E-state index contributed by atoms with van der Waals surface area (Å²) in [5.41, 5.74) is 6.32. The van der Waals surface area contributed by atoms with Crippen LogP contribution in [0.5, 0.6) is 0 Å². The Morgan fingerprint density at radius 1 is 0.625 bits per heavy atom. The van der Waals surface area contributed by atoms with E-state index >= 15 is 0 Å². The summed E-state index contributed by atoms with van der Waals surface area (Å²) < 4.78 is 2.23. The van der Waals surface area contributed by atoms with Gasteiger partial charge in [-0.25, -0.2) is 0 Å². The third-order valence-electron chi connectivity index (χ3n) is 4.20. The summed E-state index contributed by atoms with van der Waals surface area (Å²) in [6.45, 7) is 6.71. The van der Waals surface area contributed by atoms with E-state index in [1.54, 1.807) is 0 Å². The van der Waals surface area contributed by atoms with Gasteiger partial charge in [-0.05, 0) is 45.4 Å². The summed E-state index contributed by atoms with van der Waals surface area (Å²) in [6.07, 6.45) is 0. The molecule has 0 atom stereocenters. The Balaban J connectivity index is 2.02. The van der Waals surface area contributed by atoms with Crippen molar-refractivity contribution >= 4 is 31.9 Å². The highest BCUT2D eigenvalue weighted by atomic mass is 79.9. The van der Waals surface area contributed by atoms with E-state index in [2.05, 4.69) is 113 Å². The van der Waals surface area contributed by atoms with Crippen LogP contribution < -0.4 is 0 Å². The Bertz CT molecular complexity index is 859. The standard InChI is InChI=1S/C22H20Br2/c1-22(2,3)17-10-12-19(21(24)14-17)18-11-9-16(13-20(18)23)15-7-5-4-6-8-15/h4-14H,1-3H3. The first-order valence-corrected chi connectivity index (χ1v) is 9.60. The van der Waals surface area contributed by atoms with Crippen molar-refractivity contribution in [3.8, 4) is 22.3 Å². The lowest BCUT2D eigenvalue weighted by Gasteiger charge is -2.20. The molecule has 3 rings (SSSR count). The van der Waals surface area contributed by atoms with Crippen LogP contribution in [0.4, 0.5) is 0 Å². The molecule has 0 nitrogen and oxygen atoms in total. The molecular weight excluding hydrogens is 424 g/mol. The minimum absolute atomic E-state index is 0.148. The fourth-order valence-corrected chi connectivity index (χ4v) is 3.93. The third kappa shape index (κ3) is 3.65. The van der Waals surface area contributed by atoms with E-state index < -0.39 is 0 Å². The Morgan fingerprint density at radius 2 is 1.21 bits per heavy atom.